The molecule has 0 aliphatic rings. The second-order valence-electron chi connectivity index (χ2n) is 4.13. The van der Waals surface area contributed by atoms with Crippen LogP contribution < -0.4 is 11.2 Å². The van der Waals surface area contributed by atoms with Gasteiger partial charge in [-0.15, -0.1) is 0 Å². The third kappa shape index (κ3) is 1.48. The lowest BCUT2D eigenvalue weighted by atomic mass is 10.2. The highest BCUT2D eigenvalue weighted by Crippen LogP contribution is 2.24. The Morgan fingerprint density at radius 1 is 1.17 bits per heavy atom. The second-order valence-corrected chi connectivity index (χ2v) is 4.13. The van der Waals surface area contributed by atoms with Crippen LogP contribution in [0.15, 0.2) is 46.1 Å². The van der Waals surface area contributed by atoms with Crippen LogP contribution in [0.2, 0.25) is 0 Å². The summed E-state index contributed by atoms with van der Waals surface area (Å²) in [6, 6.07) is 9.79. The molecule has 2 aromatic heterocycles. The number of hydrogen-bond acceptors (Lipinski definition) is 2. The molecule has 5 heteroatoms. The first-order valence-corrected chi connectivity index (χ1v) is 5.53. The quantitative estimate of drug-likeness (QED) is 0.672. The molecule has 3 aromatic rings. The summed E-state index contributed by atoms with van der Waals surface area (Å²) in [5, 5.41) is 1.06. The lowest BCUT2D eigenvalue weighted by molar-refractivity contribution is 0.961. The minimum absolute atomic E-state index is 0.385. The second kappa shape index (κ2) is 3.73. The van der Waals surface area contributed by atoms with Gasteiger partial charge < -0.3 is 9.55 Å². The number of aromatic nitrogens is 3. The first kappa shape index (κ1) is 10.6. The number of H-pyrrole nitrogens is 2. The van der Waals surface area contributed by atoms with Crippen LogP contribution in [0.4, 0.5) is 0 Å². The number of hydrogen-bond donors (Lipinski definition) is 2. The molecule has 90 valence electrons. The summed E-state index contributed by atoms with van der Waals surface area (Å²) in [6.45, 7) is 0. The van der Waals surface area contributed by atoms with Crippen molar-refractivity contribution in [3.05, 3.63) is 57.4 Å². The summed E-state index contributed by atoms with van der Waals surface area (Å²) in [4.78, 5) is 27.5. The van der Waals surface area contributed by atoms with Gasteiger partial charge in [-0.1, -0.05) is 18.2 Å². The average Bonchev–Trinajstić information content (AvgIpc) is 2.68. The molecule has 0 unspecified atom stereocenters. The van der Waals surface area contributed by atoms with Gasteiger partial charge in [0.1, 0.15) is 0 Å². The zero-order valence-corrected chi connectivity index (χ0v) is 9.73. The van der Waals surface area contributed by atoms with Crippen molar-refractivity contribution in [1.82, 2.24) is 14.5 Å². The van der Waals surface area contributed by atoms with Crippen molar-refractivity contribution in [2.45, 2.75) is 0 Å². The van der Waals surface area contributed by atoms with Crippen LogP contribution in [-0.4, -0.2) is 14.5 Å². The minimum atomic E-state index is -0.498. The lowest BCUT2D eigenvalue weighted by Gasteiger charge is -2.02. The number of benzene rings is 1. The lowest BCUT2D eigenvalue weighted by Crippen LogP contribution is -2.23. The van der Waals surface area contributed by atoms with Crippen molar-refractivity contribution in [2.24, 2.45) is 7.05 Å². The number of aryl methyl sites for hydroxylation is 1. The van der Waals surface area contributed by atoms with Gasteiger partial charge in [0.25, 0.3) is 5.56 Å². The first-order chi connectivity index (χ1) is 8.66. The van der Waals surface area contributed by atoms with Gasteiger partial charge in [0.05, 0.1) is 11.3 Å². The van der Waals surface area contributed by atoms with E-state index in [1.807, 2.05) is 41.9 Å². The van der Waals surface area contributed by atoms with E-state index in [2.05, 4.69) is 9.97 Å². The molecule has 5 nitrogen and oxygen atoms in total. The maximum absolute atomic E-state index is 11.8. The highest BCUT2D eigenvalue weighted by atomic mass is 16.2. The first-order valence-electron chi connectivity index (χ1n) is 5.53. The highest BCUT2D eigenvalue weighted by Gasteiger charge is 2.10. The molecule has 0 amide bonds. The third-order valence-corrected chi connectivity index (χ3v) is 3.05. The molecule has 0 atom stereocenters. The molecule has 18 heavy (non-hydrogen) atoms. The van der Waals surface area contributed by atoms with Gasteiger partial charge in [0.15, 0.2) is 0 Å². The summed E-state index contributed by atoms with van der Waals surface area (Å²) in [5.41, 5.74) is 1.38. The van der Waals surface area contributed by atoms with Gasteiger partial charge in [0.2, 0.25) is 0 Å². The molecule has 2 N–H and O–H groups in total. The van der Waals surface area contributed by atoms with Gasteiger partial charge in [-0.3, -0.25) is 9.78 Å². The van der Waals surface area contributed by atoms with Gasteiger partial charge in [-0.2, -0.15) is 0 Å². The van der Waals surface area contributed by atoms with Crippen LogP contribution in [0.1, 0.15) is 0 Å². The Bertz CT molecular complexity index is 839. The molecule has 0 spiro atoms. The summed E-state index contributed by atoms with van der Waals surface area (Å²) < 4.78 is 1.93. The van der Waals surface area contributed by atoms with Crippen LogP contribution in [0.3, 0.4) is 0 Å². The van der Waals surface area contributed by atoms with E-state index in [1.54, 1.807) is 0 Å². The Morgan fingerprint density at radius 2 is 1.94 bits per heavy atom. The Labute approximate surface area is 102 Å². The molecule has 0 aliphatic heterocycles. The molecular formula is C13H11N3O2. The topological polar surface area (TPSA) is 70.7 Å². The van der Waals surface area contributed by atoms with Crippen molar-refractivity contribution in [3.8, 4) is 11.3 Å². The summed E-state index contributed by atoms with van der Waals surface area (Å²) in [5.74, 6) is 0. The number of fused-ring (bicyclic) bond motifs is 1. The molecule has 0 saturated heterocycles. The molecule has 0 fully saturated rings. The number of nitrogens with zero attached hydrogens (tertiary/aromatic N) is 1. The zero-order valence-electron chi connectivity index (χ0n) is 9.73. The van der Waals surface area contributed by atoms with Crippen LogP contribution in [0.5, 0.6) is 0 Å². The van der Waals surface area contributed by atoms with Crippen LogP contribution in [-0.2, 0) is 7.05 Å². The Hall–Kier alpha value is -2.56. The van der Waals surface area contributed by atoms with Crippen molar-refractivity contribution < 1.29 is 0 Å². The fourth-order valence-corrected chi connectivity index (χ4v) is 2.15. The molecule has 0 radical (unpaired) electrons. The molecule has 0 bridgehead atoms. The highest BCUT2D eigenvalue weighted by molar-refractivity contribution is 5.86. The van der Waals surface area contributed by atoms with Crippen molar-refractivity contribution >= 4 is 10.9 Å². The SMILES string of the molecule is Cn1c(-c2c[nH]c(=O)[nH]c2=O)cc2ccccc21. The Kier molecular flexibility index (Phi) is 2.19. The molecule has 1 aromatic carbocycles. The summed E-state index contributed by atoms with van der Waals surface area (Å²) in [7, 11) is 1.89. The van der Waals surface area contributed by atoms with E-state index in [0.717, 1.165) is 16.6 Å². The van der Waals surface area contributed by atoms with E-state index < -0.39 is 5.69 Å². The number of para-hydroxylation sites is 1. The average molecular weight is 241 g/mol. The van der Waals surface area contributed by atoms with Gasteiger partial charge in [0, 0.05) is 24.1 Å². The Morgan fingerprint density at radius 3 is 2.67 bits per heavy atom. The number of nitrogens with one attached hydrogen (secondary N) is 2. The molecule has 2 heterocycles. The molecule has 0 aliphatic carbocycles. The maximum atomic E-state index is 11.8. The van der Waals surface area contributed by atoms with Gasteiger partial charge in [-0.25, -0.2) is 4.79 Å². The monoisotopic (exact) mass is 241 g/mol. The van der Waals surface area contributed by atoms with Crippen LogP contribution in [0.25, 0.3) is 22.2 Å². The fourth-order valence-electron chi connectivity index (χ4n) is 2.15. The standard InChI is InChI=1S/C13H11N3O2/c1-16-10-5-3-2-4-8(10)6-11(16)9-7-14-13(18)15-12(9)17/h2-7H,1H3,(H2,14,15,17,18). The van der Waals surface area contributed by atoms with Crippen molar-refractivity contribution in [1.29, 1.82) is 0 Å². The minimum Gasteiger partial charge on any atom is -0.343 e. The zero-order chi connectivity index (χ0) is 12.7. The third-order valence-electron chi connectivity index (χ3n) is 3.05. The van der Waals surface area contributed by atoms with E-state index in [0.29, 0.717) is 5.56 Å². The van der Waals surface area contributed by atoms with Crippen molar-refractivity contribution in [3.63, 3.8) is 0 Å². The largest absolute Gasteiger partial charge is 0.343 e. The predicted molar refractivity (Wildman–Crippen MR) is 69.6 cm³/mol. The van der Waals surface area contributed by atoms with Crippen LogP contribution >= 0.6 is 0 Å². The van der Waals surface area contributed by atoms with Crippen LogP contribution in [0, 0.1) is 0 Å². The van der Waals surface area contributed by atoms with E-state index >= 15 is 0 Å². The molecule has 0 saturated carbocycles. The van der Waals surface area contributed by atoms with E-state index in [9.17, 15) is 9.59 Å². The van der Waals surface area contributed by atoms with E-state index in [1.165, 1.54) is 6.20 Å². The number of rotatable bonds is 1. The summed E-state index contributed by atoms with van der Waals surface area (Å²) in [6.07, 6.45) is 1.44. The Balaban J connectivity index is 2.35. The van der Waals surface area contributed by atoms with E-state index in [-0.39, 0.29) is 5.56 Å². The normalized spacial score (nSPS) is 10.9. The number of aromatic amines is 2. The predicted octanol–water partition coefficient (Wildman–Crippen LogP) is 1.22. The maximum Gasteiger partial charge on any atom is 0.325 e. The molecular weight excluding hydrogens is 230 g/mol. The fraction of sp³-hybridized carbons (Fsp3) is 0.0769. The van der Waals surface area contributed by atoms with Gasteiger partial charge in [-0.05, 0) is 12.1 Å². The van der Waals surface area contributed by atoms with E-state index in [4.69, 9.17) is 0 Å². The molecule has 3 rings (SSSR count). The van der Waals surface area contributed by atoms with Crippen molar-refractivity contribution in [2.75, 3.05) is 0 Å². The smallest absolute Gasteiger partial charge is 0.325 e. The van der Waals surface area contributed by atoms with Gasteiger partial charge >= 0.3 is 5.69 Å². The summed E-state index contributed by atoms with van der Waals surface area (Å²) >= 11 is 0.